The Hall–Kier alpha value is -5.55. The van der Waals surface area contributed by atoms with E-state index in [2.05, 4.69) is 0 Å². The Kier molecular flexibility index (Phi) is 7.78. The quantitative estimate of drug-likeness (QED) is 0.136. The van der Waals surface area contributed by atoms with E-state index in [1.807, 2.05) is 30.3 Å². The number of hydrogen-bond donors (Lipinski definition) is 0. The first-order valence-corrected chi connectivity index (χ1v) is 14.5. The summed E-state index contributed by atoms with van der Waals surface area (Å²) in [6, 6.07) is 25.1. The molecule has 220 valence electrons. The molecule has 0 saturated carbocycles. The van der Waals surface area contributed by atoms with Crippen molar-refractivity contribution in [3.05, 3.63) is 143 Å². The van der Waals surface area contributed by atoms with Crippen LogP contribution in [0.15, 0.2) is 111 Å². The minimum Gasteiger partial charge on any atom is -0.497 e. The molecule has 0 saturated heterocycles. The van der Waals surface area contributed by atoms with Crippen molar-refractivity contribution in [3.63, 3.8) is 0 Å². The zero-order valence-electron chi connectivity index (χ0n) is 23.6. The van der Waals surface area contributed by atoms with Gasteiger partial charge in [0.2, 0.25) is 0 Å². The van der Waals surface area contributed by atoms with Crippen LogP contribution in [0.4, 0.5) is 5.69 Å². The van der Waals surface area contributed by atoms with Gasteiger partial charge in [-0.1, -0.05) is 65.9 Å². The number of rotatable bonds is 8. The molecule has 0 radical (unpaired) electrons. The molecular formula is C33H25N3O7S. The molecule has 1 aliphatic heterocycles. The van der Waals surface area contributed by atoms with E-state index in [1.165, 1.54) is 10.6 Å². The Bertz CT molecular complexity index is 2090. The number of benzene rings is 3. The molecule has 2 aromatic heterocycles. The number of aromatic nitrogens is 1. The number of esters is 1. The van der Waals surface area contributed by atoms with Gasteiger partial charge in [-0.15, -0.1) is 0 Å². The van der Waals surface area contributed by atoms with Crippen molar-refractivity contribution in [2.24, 2.45) is 4.99 Å². The molecule has 1 aliphatic rings. The van der Waals surface area contributed by atoms with Gasteiger partial charge in [0.15, 0.2) is 4.80 Å². The molecule has 0 N–H and O–H groups in total. The number of carbonyl (C=O) groups is 1. The van der Waals surface area contributed by atoms with Crippen molar-refractivity contribution < 1.29 is 23.6 Å². The summed E-state index contributed by atoms with van der Waals surface area (Å²) < 4.78 is 18.6. The van der Waals surface area contributed by atoms with Gasteiger partial charge < -0.3 is 13.9 Å². The molecule has 5 aromatic rings. The minimum atomic E-state index is -0.840. The first kappa shape index (κ1) is 28.6. The summed E-state index contributed by atoms with van der Waals surface area (Å²) in [5, 5.41) is 11.5. The number of ether oxygens (including phenoxy) is 2. The lowest BCUT2D eigenvalue weighted by Gasteiger charge is -2.26. The second-order valence-electron chi connectivity index (χ2n) is 9.68. The molecule has 0 unspecified atom stereocenters. The SMILES string of the molecule is CCOC(=O)C1=C(c2ccccc2)N=c2s/c(=C\c3ccc(-c4ccccc4[N+](=O)[O-])o3)c(=O)n2[C@@H]1c1ccc(OC)cc1. The summed E-state index contributed by atoms with van der Waals surface area (Å²) in [6.45, 7) is 1.87. The largest absolute Gasteiger partial charge is 0.497 e. The molecule has 0 spiro atoms. The van der Waals surface area contributed by atoms with Crippen LogP contribution < -0.4 is 19.6 Å². The number of carbonyl (C=O) groups excluding carboxylic acids is 1. The number of nitro groups is 1. The lowest BCUT2D eigenvalue weighted by atomic mass is 9.93. The number of furan rings is 1. The fraction of sp³-hybridized carbons (Fsp3) is 0.121. The van der Waals surface area contributed by atoms with Crippen molar-refractivity contribution >= 4 is 34.8 Å². The highest BCUT2D eigenvalue weighted by Crippen LogP contribution is 2.36. The average molecular weight is 608 g/mol. The van der Waals surface area contributed by atoms with E-state index >= 15 is 0 Å². The molecule has 3 heterocycles. The number of nitro benzene ring substituents is 1. The molecule has 44 heavy (non-hydrogen) atoms. The highest BCUT2D eigenvalue weighted by atomic mass is 32.1. The summed E-state index contributed by atoms with van der Waals surface area (Å²) in [7, 11) is 1.56. The van der Waals surface area contributed by atoms with Crippen molar-refractivity contribution in [2.45, 2.75) is 13.0 Å². The number of nitrogens with zero attached hydrogens (tertiary/aromatic N) is 3. The smallest absolute Gasteiger partial charge is 0.338 e. The van der Waals surface area contributed by atoms with Crippen LogP contribution in [0.2, 0.25) is 0 Å². The zero-order valence-corrected chi connectivity index (χ0v) is 24.4. The van der Waals surface area contributed by atoms with Gasteiger partial charge in [-0.2, -0.15) is 0 Å². The van der Waals surface area contributed by atoms with Crippen molar-refractivity contribution in [3.8, 4) is 17.1 Å². The second-order valence-corrected chi connectivity index (χ2v) is 10.7. The highest BCUT2D eigenvalue weighted by Gasteiger charge is 2.35. The first-order valence-electron chi connectivity index (χ1n) is 13.7. The maximum Gasteiger partial charge on any atom is 0.338 e. The fourth-order valence-electron chi connectivity index (χ4n) is 5.09. The maximum absolute atomic E-state index is 14.1. The van der Waals surface area contributed by atoms with Gasteiger partial charge in [-0.05, 0) is 42.8 Å². The molecule has 6 rings (SSSR count). The van der Waals surface area contributed by atoms with Gasteiger partial charge in [0.25, 0.3) is 11.2 Å². The normalized spacial score (nSPS) is 14.6. The molecular weight excluding hydrogens is 582 g/mol. The van der Waals surface area contributed by atoms with Gasteiger partial charge in [0, 0.05) is 17.7 Å². The van der Waals surface area contributed by atoms with Crippen LogP contribution in [0, 0.1) is 10.1 Å². The van der Waals surface area contributed by atoms with E-state index in [0.29, 0.717) is 49.0 Å². The lowest BCUT2D eigenvalue weighted by molar-refractivity contribution is -0.384. The maximum atomic E-state index is 14.1. The van der Waals surface area contributed by atoms with Gasteiger partial charge in [0.05, 0.1) is 46.0 Å². The van der Waals surface area contributed by atoms with Gasteiger partial charge >= 0.3 is 5.97 Å². The number of hydrogen-bond acceptors (Lipinski definition) is 9. The van der Waals surface area contributed by atoms with Crippen molar-refractivity contribution in [1.82, 2.24) is 4.57 Å². The topological polar surface area (TPSA) is 126 Å². The van der Waals surface area contributed by atoms with E-state index in [0.717, 1.165) is 11.3 Å². The van der Waals surface area contributed by atoms with Crippen LogP contribution in [0.1, 0.15) is 29.9 Å². The van der Waals surface area contributed by atoms with E-state index in [4.69, 9.17) is 18.9 Å². The fourth-order valence-corrected chi connectivity index (χ4v) is 6.07. The molecule has 0 bridgehead atoms. The number of para-hydroxylation sites is 1. The molecule has 10 nitrogen and oxygen atoms in total. The van der Waals surface area contributed by atoms with E-state index in [-0.39, 0.29) is 23.4 Å². The van der Waals surface area contributed by atoms with E-state index < -0.39 is 16.9 Å². The van der Waals surface area contributed by atoms with Crippen molar-refractivity contribution in [1.29, 1.82) is 0 Å². The minimum absolute atomic E-state index is 0.0906. The predicted molar refractivity (Wildman–Crippen MR) is 165 cm³/mol. The van der Waals surface area contributed by atoms with Gasteiger partial charge in [-0.25, -0.2) is 9.79 Å². The monoisotopic (exact) mass is 607 g/mol. The molecule has 11 heteroatoms. The third-order valence-electron chi connectivity index (χ3n) is 7.07. The van der Waals surface area contributed by atoms with Crippen LogP contribution in [0.5, 0.6) is 5.75 Å². The Morgan fingerprint density at radius 3 is 2.48 bits per heavy atom. The summed E-state index contributed by atoms with van der Waals surface area (Å²) in [5.74, 6) is 0.671. The summed E-state index contributed by atoms with van der Waals surface area (Å²) in [6.07, 6.45) is 1.57. The Morgan fingerprint density at radius 1 is 1.05 bits per heavy atom. The van der Waals surface area contributed by atoms with E-state index in [1.54, 1.807) is 74.7 Å². The Balaban J connectivity index is 1.55. The predicted octanol–water partition coefficient (Wildman–Crippen LogP) is 5.11. The van der Waals surface area contributed by atoms with Crippen molar-refractivity contribution in [2.75, 3.05) is 13.7 Å². The molecule has 1 atom stereocenters. The number of fused-ring (bicyclic) bond motifs is 1. The zero-order chi connectivity index (χ0) is 30.8. The summed E-state index contributed by atoms with van der Waals surface area (Å²) >= 11 is 1.15. The molecule has 0 amide bonds. The summed E-state index contributed by atoms with van der Waals surface area (Å²) in [4.78, 5) is 43.9. The average Bonchev–Trinajstić information content (AvgIpc) is 3.64. The number of thiazole rings is 1. The first-order chi connectivity index (χ1) is 21.4. The van der Waals surface area contributed by atoms with Crippen LogP contribution in [0.3, 0.4) is 0 Å². The third kappa shape index (κ3) is 5.25. The number of methoxy groups -OCH3 is 1. The van der Waals surface area contributed by atoms with Crippen LogP contribution >= 0.6 is 11.3 Å². The van der Waals surface area contributed by atoms with Crippen LogP contribution in [0.25, 0.3) is 23.1 Å². The van der Waals surface area contributed by atoms with Gasteiger partial charge in [-0.3, -0.25) is 19.5 Å². The Morgan fingerprint density at radius 2 is 1.77 bits per heavy atom. The Labute approximate surface area is 254 Å². The summed E-state index contributed by atoms with van der Waals surface area (Å²) in [5.41, 5.74) is 1.87. The van der Waals surface area contributed by atoms with Crippen LogP contribution in [-0.2, 0) is 9.53 Å². The second kappa shape index (κ2) is 12.0. The highest BCUT2D eigenvalue weighted by molar-refractivity contribution is 7.07. The molecule has 0 fully saturated rings. The standard InChI is InChI=1S/C33H25N3O7S/c1-3-42-32(38)28-29(20-9-5-4-6-10-20)34-33-35(30(28)21-13-15-22(41-2)16-14-21)31(37)27(44-33)19-23-17-18-26(43-23)24-11-7-8-12-25(24)36(39)40/h4-19,30H,3H2,1-2H3/b27-19-/t30-/m1/s1. The molecule has 3 aromatic carbocycles. The van der Waals surface area contributed by atoms with Gasteiger partial charge in [0.1, 0.15) is 17.3 Å². The third-order valence-corrected chi connectivity index (χ3v) is 8.05. The van der Waals surface area contributed by atoms with Crippen LogP contribution in [-0.4, -0.2) is 29.2 Å². The van der Waals surface area contributed by atoms with E-state index in [9.17, 15) is 19.7 Å². The lowest BCUT2D eigenvalue weighted by Crippen LogP contribution is -2.40. The molecule has 0 aliphatic carbocycles.